The molecule has 4 aromatic rings. The first-order valence-electron chi connectivity index (χ1n) is 10.0. The minimum atomic E-state index is -0.435. The van der Waals surface area contributed by atoms with Crippen molar-refractivity contribution in [3.05, 3.63) is 90.6 Å². The van der Waals surface area contributed by atoms with Gasteiger partial charge in [-0.25, -0.2) is 10.2 Å². The van der Waals surface area contributed by atoms with Crippen LogP contribution in [0.2, 0.25) is 5.02 Å². The van der Waals surface area contributed by atoms with E-state index in [1.807, 2.05) is 38.1 Å². The van der Waals surface area contributed by atoms with Gasteiger partial charge in [0, 0.05) is 19.1 Å². The van der Waals surface area contributed by atoms with Crippen LogP contribution in [-0.4, -0.2) is 24.9 Å². The van der Waals surface area contributed by atoms with E-state index >= 15 is 0 Å². The van der Waals surface area contributed by atoms with Crippen molar-refractivity contribution in [3.63, 3.8) is 0 Å². The summed E-state index contributed by atoms with van der Waals surface area (Å²) in [6, 6.07) is 13.4. The quantitative estimate of drug-likeness (QED) is 0.373. The van der Waals surface area contributed by atoms with Gasteiger partial charge in [-0.2, -0.15) is 10.1 Å². The van der Waals surface area contributed by atoms with E-state index in [2.05, 4.69) is 21.6 Å². The second-order valence-electron chi connectivity index (χ2n) is 7.75. The normalized spacial score (nSPS) is 11.5. The summed E-state index contributed by atoms with van der Waals surface area (Å²) >= 11 is 5.93. The predicted molar refractivity (Wildman–Crippen MR) is 128 cm³/mol. The van der Waals surface area contributed by atoms with Crippen molar-refractivity contribution in [2.24, 2.45) is 19.2 Å². The lowest BCUT2D eigenvalue weighted by atomic mass is 10.1. The fourth-order valence-corrected chi connectivity index (χ4v) is 3.67. The van der Waals surface area contributed by atoms with Crippen LogP contribution in [-0.2, 0) is 20.6 Å². The SMILES string of the molecule is Cc1ccc(C)c(Cn2c(NN=Cc3ccc(Cl)cc3)nc3c2c(=O)n(C)c(=O)n3C)c1. The van der Waals surface area contributed by atoms with Gasteiger partial charge in [-0.1, -0.05) is 47.5 Å². The Hall–Kier alpha value is -3.65. The Morgan fingerprint density at radius 2 is 1.78 bits per heavy atom. The molecule has 0 spiro atoms. The van der Waals surface area contributed by atoms with Gasteiger partial charge in [-0.3, -0.25) is 18.5 Å². The lowest BCUT2D eigenvalue weighted by Gasteiger charge is -2.12. The molecule has 0 radical (unpaired) electrons. The molecule has 9 heteroatoms. The van der Waals surface area contributed by atoms with E-state index in [4.69, 9.17) is 11.6 Å². The zero-order valence-corrected chi connectivity index (χ0v) is 19.0. The third-order valence-corrected chi connectivity index (χ3v) is 5.68. The summed E-state index contributed by atoms with van der Waals surface area (Å²) in [4.78, 5) is 30.0. The second-order valence-corrected chi connectivity index (χ2v) is 8.19. The molecule has 2 heterocycles. The number of imidazole rings is 1. The number of benzene rings is 2. The average molecular weight is 451 g/mol. The van der Waals surface area contributed by atoms with Crippen molar-refractivity contribution in [1.29, 1.82) is 0 Å². The van der Waals surface area contributed by atoms with Gasteiger partial charge in [-0.15, -0.1) is 0 Å². The van der Waals surface area contributed by atoms with E-state index < -0.39 is 11.2 Å². The smallest absolute Gasteiger partial charge is 0.298 e. The number of rotatable bonds is 5. The Balaban J connectivity index is 1.84. The van der Waals surface area contributed by atoms with Gasteiger partial charge in [-0.05, 0) is 42.7 Å². The molecule has 8 nitrogen and oxygen atoms in total. The Bertz CT molecular complexity index is 1460. The van der Waals surface area contributed by atoms with Gasteiger partial charge in [0.1, 0.15) is 0 Å². The lowest BCUT2D eigenvalue weighted by molar-refractivity contribution is 0.702. The maximum absolute atomic E-state index is 13.0. The highest BCUT2D eigenvalue weighted by Crippen LogP contribution is 2.20. The van der Waals surface area contributed by atoms with Crippen LogP contribution in [0.5, 0.6) is 0 Å². The highest BCUT2D eigenvalue weighted by molar-refractivity contribution is 6.30. The molecular weight excluding hydrogens is 428 g/mol. The van der Waals surface area contributed by atoms with Crippen molar-refractivity contribution >= 4 is 34.9 Å². The molecular formula is C23H23ClN6O2. The maximum Gasteiger partial charge on any atom is 0.332 e. The van der Waals surface area contributed by atoms with E-state index in [1.165, 1.54) is 11.6 Å². The van der Waals surface area contributed by atoms with Gasteiger partial charge in [0.25, 0.3) is 5.56 Å². The third-order valence-electron chi connectivity index (χ3n) is 5.43. The fourth-order valence-electron chi connectivity index (χ4n) is 3.54. The number of hydrogen-bond donors (Lipinski definition) is 1. The van der Waals surface area contributed by atoms with Crippen molar-refractivity contribution in [3.8, 4) is 0 Å². The molecule has 0 bridgehead atoms. The molecule has 1 N–H and O–H groups in total. The summed E-state index contributed by atoms with van der Waals surface area (Å²) in [6.45, 7) is 4.44. The van der Waals surface area contributed by atoms with Gasteiger partial charge in [0.05, 0.1) is 12.8 Å². The molecule has 0 aliphatic heterocycles. The first kappa shape index (κ1) is 21.6. The zero-order valence-electron chi connectivity index (χ0n) is 18.3. The molecule has 0 amide bonds. The summed E-state index contributed by atoms with van der Waals surface area (Å²) in [5.74, 6) is 0.365. The number of aryl methyl sites for hydroxylation is 3. The van der Waals surface area contributed by atoms with Crippen LogP contribution in [0.4, 0.5) is 5.95 Å². The van der Waals surface area contributed by atoms with Gasteiger partial charge in [0.2, 0.25) is 5.95 Å². The average Bonchev–Trinajstić information content (AvgIpc) is 3.13. The van der Waals surface area contributed by atoms with Crippen LogP contribution in [0.3, 0.4) is 0 Å². The molecule has 0 aliphatic rings. The molecule has 0 unspecified atom stereocenters. The van der Waals surface area contributed by atoms with E-state index in [0.717, 1.165) is 26.8 Å². The molecule has 0 atom stereocenters. The number of aromatic nitrogens is 4. The van der Waals surface area contributed by atoms with Crippen LogP contribution >= 0.6 is 11.6 Å². The topological polar surface area (TPSA) is 86.2 Å². The Kier molecular flexibility index (Phi) is 5.71. The van der Waals surface area contributed by atoms with Crippen molar-refractivity contribution in [2.45, 2.75) is 20.4 Å². The minimum Gasteiger partial charge on any atom is -0.298 e. The van der Waals surface area contributed by atoms with Crippen LogP contribution in [0.1, 0.15) is 22.3 Å². The van der Waals surface area contributed by atoms with E-state index in [-0.39, 0.29) is 0 Å². The molecule has 0 saturated heterocycles. The molecule has 4 rings (SSSR count). The summed E-state index contributed by atoms with van der Waals surface area (Å²) < 4.78 is 4.22. The number of halogens is 1. The summed E-state index contributed by atoms with van der Waals surface area (Å²) in [6.07, 6.45) is 1.63. The number of nitrogens with zero attached hydrogens (tertiary/aromatic N) is 5. The van der Waals surface area contributed by atoms with Crippen molar-refractivity contribution in [2.75, 3.05) is 5.43 Å². The first-order chi connectivity index (χ1) is 15.3. The molecule has 32 heavy (non-hydrogen) atoms. The van der Waals surface area contributed by atoms with E-state index in [1.54, 1.807) is 30.0 Å². The highest BCUT2D eigenvalue weighted by Gasteiger charge is 2.19. The monoisotopic (exact) mass is 450 g/mol. The first-order valence-corrected chi connectivity index (χ1v) is 10.4. The molecule has 2 aromatic heterocycles. The third kappa shape index (κ3) is 3.97. The summed E-state index contributed by atoms with van der Waals surface area (Å²) in [5, 5.41) is 4.93. The fraction of sp³-hybridized carbons (Fsp3) is 0.217. The van der Waals surface area contributed by atoms with E-state index in [9.17, 15) is 9.59 Å². The number of hydrazone groups is 1. The molecule has 2 aromatic carbocycles. The van der Waals surface area contributed by atoms with Gasteiger partial charge >= 0.3 is 5.69 Å². The van der Waals surface area contributed by atoms with Crippen LogP contribution in [0.15, 0.2) is 57.2 Å². The Morgan fingerprint density at radius 3 is 2.50 bits per heavy atom. The maximum atomic E-state index is 13.0. The Morgan fingerprint density at radius 1 is 1.06 bits per heavy atom. The largest absolute Gasteiger partial charge is 0.332 e. The van der Waals surface area contributed by atoms with Crippen molar-refractivity contribution < 1.29 is 0 Å². The second kappa shape index (κ2) is 8.47. The number of hydrogen-bond acceptors (Lipinski definition) is 5. The lowest BCUT2D eigenvalue weighted by Crippen LogP contribution is -2.37. The van der Waals surface area contributed by atoms with Crippen LogP contribution in [0, 0.1) is 13.8 Å². The zero-order chi connectivity index (χ0) is 23.0. The van der Waals surface area contributed by atoms with E-state index in [0.29, 0.717) is 28.7 Å². The van der Waals surface area contributed by atoms with Gasteiger partial charge < -0.3 is 0 Å². The number of nitrogens with one attached hydrogen (secondary N) is 1. The molecule has 0 aliphatic carbocycles. The Labute approximate surface area is 189 Å². The molecule has 0 fully saturated rings. The molecule has 0 saturated carbocycles. The summed E-state index contributed by atoms with van der Waals surface area (Å²) in [5.41, 5.74) is 6.83. The van der Waals surface area contributed by atoms with Crippen molar-refractivity contribution in [1.82, 2.24) is 18.7 Å². The highest BCUT2D eigenvalue weighted by atomic mass is 35.5. The predicted octanol–water partition coefficient (Wildman–Crippen LogP) is 3.20. The summed E-state index contributed by atoms with van der Waals surface area (Å²) in [7, 11) is 3.06. The van der Waals surface area contributed by atoms with Crippen LogP contribution in [0.25, 0.3) is 11.2 Å². The minimum absolute atomic E-state index is 0.299. The van der Waals surface area contributed by atoms with Gasteiger partial charge in [0.15, 0.2) is 11.2 Å². The molecule has 164 valence electrons. The number of anilines is 1. The standard InChI is InChI=1S/C23H23ClN6O2/c1-14-5-6-15(2)17(11-14)13-30-19-20(28(3)23(32)29(4)21(19)31)26-22(30)27-25-12-16-7-9-18(24)10-8-16/h5-12H,13H2,1-4H3,(H,26,27). The number of fused-ring (bicyclic) bond motifs is 1. The van der Waals surface area contributed by atoms with Crippen LogP contribution < -0.4 is 16.7 Å².